The smallest absolute Gasteiger partial charge is 0.311 e. The highest BCUT2D eigenvalue weighted by atomic mass is 16.5. The standard InChI is InChI=1S/C58H114O4/c1-9-13-17-21-25-29-35-41-47-53(57(5,6)55(59)61-51-45-39-33-27-23-19-15-11-3)49-43-37-31-32-38-44-50-54(48-42-36-30-26-22-18-14-10-2)58(7,8)56(60)62-52-46-40-34-28-24-20-16-12-4/h53-54H,9-52H2,1-8H3. The molecule has 0 saturated heterocycles. The average molecular weight is 876 g/mol. The van der Waals surface area contributed by atoms with E-state index >= 15 is 0 Å². The van der Waals surface area contributed by atoms with Gasteiger partial charge in [-0.1, -0.05) is 259 Å². The van der Waals surface area contributed by atoms with Crippen molar-refractivity contribution in [2.75, 3.05) is 13.2 Å². The fraction of sp³-hybridized carbons (Fsp3) is 0.966. The van der Waals surface area contributed by atoms with E-state index in [2.05, 4.69) is 55.4 Å². The summed E-state index contributed by atoms with van der Waals surface area (Å²) in [5.74, 6) is 0.851. The summed E-state index contributed by atoms with van der Waals surface area (Å²) in [6, 6.07) is 0. The molecule has 0 rings (SSSR count). The van der Waals surface area contributed by atoms with Crippen molar-refractivity contribution in [1.82, 2.24) is 0 Å². The van der Waals surface area contributed by atoms with E-state index in [-0.39, 0.29) is 11.9 Å². The van der Waals surface area contributed by atoms with Gasteiger partial charge in [-0.2, -0.15) is 0 Å². The van der Waals surface area contributed by atoms with Crippen molar-refractivity contribution in [3.8, 4) is 0 Å². The fourth-order valence-corrected chi connectivity index (χ4v) is 9.78. The van der Waals surface area contributed by atoms with Crippen LogP contribution in [-0.2, 0) is 19.1 Å². The molecule has 0 aromatic carbocycles. The Morgan fingerprint density at radius 3 is 0.677 bits per heavy atom. The van der Waals surface area contributed by atoms with Gasteiger partial charge in [-0.05, 0) is 78.1 Å². The molecule has 0 spiro atoms. The van der Waals surface area contributed by atoms with Crippen molar-refractivity contribution in [3.63, 3.8) is 0 Å². The van der Waals surface area contributed by atoms with E-state index in [0.29, 0.717) is 25.0 Å². The third kappa shape index (κ3) is 34.3. The Hall–Kier alpha value is -1.06. The lowest BCUT2D eigenvalue weighted by Crippen LogP contribution is -2.35. The van der Waals surface area contributed by atoms with E-state index in [1.54, 1.807) is 0 Å². The van der Waals surface area contributed by atoms with Crippen molar-refractivity contribution in [2.45, 2.75) is 325 Å². The largest absolute Gasteiger partial charge is 0.465 e. The van der Waals surface area contributed by atoms with Crippen LogP contribution in [-0.4, -0.2) is 25.2 Å². The molecule has 0 aliphatic carbocycles. The number of unbranched alkanes of at least 4 members (excludes halogenated alkanes) is 33. The maximum atomic E-state index is 13.5. The lowest BCUT2D eigenvalue weighted by molar-refractivity contribution is -0.158. The number of rotatable bonds is 49. The molecule has 0 N–H and O–H groups in total. The molecule has 0 aromatic heterocycles. The van der Waals surface area contributed by atoms with Gasteiger partial charge in [0.1, 0.15) is 0 Å². The SMILES string of the molecule is CCCCCCCCCCOC(=O)C(C)(C)C(CCCCCCCCCC)CCCCCCCCC(CCCCCCCCCC)C(C)(C)C(=O)OCCCCCCCCCC. The van der Waals surface area contributed by atoms with Gasteiger partial charge >= 0.3 is 11.9 Å². The number of hydrogen-bond acceptors (Lipinski definition) is 4. The van der Waals surface area contributed by atoms with Crippen LogP contribution in [0.25, 0.3) is 0 Å². The molecule has 62 heavy (non-hydrogen) atoms. The van der Waals surface area contributed by atoms with Crippen molar-refractivity contribution in [2.24, 2.45) is 22.7 Å². The predicted octanol–water partition coefficient (Wildman–Crippen LogP) is 19.8. The zero-order valence-electron chi connectivity index (χ0n) is 43.9. The average Bonchev–Trinajstić information content (AvgIpc) is 3.25. The fourth-order valence-electron chi connectivity index (χ4n) is 9.78. The van der Waals surface area contributed by atoms with Crippen LogP contribution in [0, 0.1) is 22.7 Å². The van der Waals surface area contributed by atoms with Gasteiger partial charge in [-0.3, -0.25) is 9.59 Å². The summed E-state index contributed by atoms with van der Waals surface area (Å²) in [5, 5.41) is 0. The second-order valence-electron chi connectivity index (χ2n) is 21.3. The highest BCUT2D eigenvalue weighted by Gasteiger charge is 2.38. The number of carbonyl (C=O) groups is 2. The molecule has 0 saturated carbocycles. The zero-order chi connectivity index (χ0) is 45.8. The second kappa shape index (κ2) is 43.8. The number of ether oxygens (including phenoxy) is 2. The van der Waals surface area contributed by atoms with Gasteiger partial charge in [0, 0.05) is 0 Å². The maximum Gasteiger partial charge on any atom is 0.311 e. The van der Waals surface area contributed by atoms with Crippen LogP contribution in [0.5, 0.6) is 0 Å². The Kier molecular flexibility index (Phi) is 43.1. The lowest BCUT2D eigenvalue weighted by atomic mass is 9.73. The molecule has 2 atom stereocenters. The van der Waals surface area contributed by atoms with Gasteiger partial charge in [-0.15, -0.1) is 0 Å². The topological polar surface area (TPSA) is 52.6 Å². The van der Waals surface area contributed by atoms with Crippen LogP contribution < -0.4 is 0 Å². The van der Waals surface area contributed by atoms with Crippen molar-refractivity contribution < 1.29 is 19.1 Å². The lowest BCUT2D eigenvalue weighted by Gasteiger charge is -2.33. The summed E-state index contributed by atoms with van der Waals surface area (Å²) in [7, 11) is 0. The minimum atomic E-state index is -0.423. The second-order valence-corrected chi connectivity index (χ2v) is 21.3. The third-order valence-electron chi connectivity index (χ3n) is 14.7. The summed E-state index contributed by atoms with van der Waals surface area (Å²) in [6.07, 6.45) is 53.4. The molecular formula is C58H114O4. The summed E-state index contributed by atoms with van der Waals surface area (Å²) in [5.41, 5.74) is -0.847. The minimum absolute atomic E-state index is 0.0338. The van der Waals surface area contributed by atoms with Crippen LogP contribution in [0.4, 0.5) is 0 Å². The van der Waals surface area contributed by atoms with Gasteiger partial charge in [0.25, 0.3) is 0 Å². The zero-order valence-corrected chi connectivity index (χ0v) is 43.9. The van der Waals surface area contributed by atoms with Gasteiger partial charge in [0.05, 0.1) is 24.0 Å². The van der Waals surface area contributed by atoms with Crippen molar-refractivity contribution in [1.29, 1.82) is 0 Å². The first-order valence-electron chi connectivity index (χ1n) is 28.4. The molecule has 0 fully saturated rings. The monoisotopic (exact) mass is 875 g/mol. The molecule has 4 heteroatoms. The van der Waals surface area contributed by atoms with Crippen LogP contribution in [0.3, 0.4) is 0 Å². The predicted molar refractivity (Wildman–Crippen MR) is 273 cm³/mol. The third-order valence-corrected chi connectivity index (χ3v) is 14.7. The number of hydrogen-bond donors (Lipinski definition) is 0. The molecule has 0 aliphatic heterocycles. The van der Waals surface area contributed by atoms with E-state index in [9.17, 15) is 9.59 Å². The first-order valence-corrected chi connectivity index (χ1v) is 28.4. The first-order chi connectivity index (χ1) is 30.1. The van der Waals surface area contributed by atoms with Crippen LogP contribution in [0.2, 0.25) is 0 Å². The van der Waals surface area contributed by atoms with E-state index in [0.717, 1.165) is 38.5 Å². The Balaban J connectivity index is 4.98. The molecular weight excluding hydrogens is 761 g/mol. The first kappa shape index (κ1) is 60.9. The minimum Gasteiger partial charge on any atom is -0.465 e. The Bertz CT molecular complexity index is 879. The molecule has 0 aromatic rings. The van der Waals surface area contributed by atoms with Crippen molar-refractivity contribution in [3.05, 3.63) is 0 Å². The van der Waals surface area contributed by atoms with Crippen LogP contribution in [0.15, 0.2) is 0 Å². The molecule has 0 radical (unpaired) electrons. The van der Waals surface area contributed by atoms with Gasteiger partial charge in [0.15, 0.2) is 0 Å². The number of carbonyl (C=O) groups excluding carboxylic acids is 2. The Morgan fingerprint density at radius 1 is 0.290 bits per heavy atom. The summed E-state index contributed by atoms with van der Waals surface area (Å²) < 4.78 is 12.0. The molecule has 2 unspecified atom stereocenters. The van der Waals surface area contributed by atoms with Gasteiger partial charge < -0.3 is 9.47 Å². The van der Waals surface area contributed by atoms with Crippen LogP contribution in [0.1, 0.15) is 325 Å². The molecule has 0 bridgehead atoms. The highest BCUT2D eigenvalue weighted by Crippen LogP contribution is 2.38. The molecule has 4 nitrogen and oxygen atoms in total. The van der Waals surface area contributed by atoms with E-state index in [1.807, 2.05) is 0 Å². The maximum absolute atomic E-state index is 13.5. The highest BCUT2D eigenvalue weighted by molar-refractivity contribution is 5.76. The summed E-state index contributed by atoms with van der Waals surface area (Å²) in [4.78, 5) is 27.1. The molecule has 370 valence electrons. The van der Waals surface area contributed by atoms with E-state index in [4.69, 9.17) is 9.47 Å². The van der Waals surface area contributed by atoms with E-state index < -0.39 is 10.8 Å². The van der Waals surface area contributed by atoms with Crippen LogP contribution >= 0.6 is 0 Å². The number of esters is 2. The Labute approximate surface area is 390 Å². The normalized spacial score (nSPS) is 13.1. The quantitative estimate of drug-likeness (QED) is 0.0451. The van der Waals surface area contributed by atoms with Gasteiger partial charge in [-0.25, -0.2) is 0 Å². The summed E-state index contributed by atoms with van der Waals surface area (Å²) >= 11 is 0. The van der Waals surface area contributed by atoms with E-state index in [1.165, 1.54) is 231 Å². The molecule has 0 aliphatic rings. The molecule has 0 amide bonds. The summed E-state index contributed by atoms with van der Waals surface area (Å²) in [6.45, 7) is 19.0. The molecule has 0 heterocycles. The van der Waals surface area contributed by atoms with Crippen molar-refractivity contribution >= 4 is 11.9 Å². The Morgan fingerprint density at radius 2 is 0.468 bits per heavy atom. The van der Waals surface area contributed by atoms with Gasteiger partial charge in [0.2, 0.25) is 0 Å².